The molecule has 0 aliphatic heterocycles. The van der Waals surface area contributed by atoms with Crippen LogP contribution in [0.1, 0.15) is 22.6 Å². The van der Waals surface area contributed by atoms with Crippen molar-refractivity contribution in [2.24, 2.45) is 0 Å². The molecule has 0 radical (unpaired) electrons. The van der Waals surface area contributed by atoms with Crippen LogP contribution in [-0.4, -0.2) is 0 Å². The van der Waals surface area contributed by atoms with Crippen LogP contribution in [0.2, 0.25) is 0 Å². The number of benzene rings is 6. The maximum atomic E-state index is 9.68. The summed E-state index contributed by atoms with van der Waals surface area (Å²) in [6.07, 6.45) is 7.00. The molecule has 0 aliphatic carbocycles. The Hall–Kier alpha value is -7.52. The van der Waals surface area contributed by atoms with E-state index in [2.05, 4.69) is 0 Å². The Labute approximate surface area is 283 Å². The largest absolute Gasteiger partial charge is 0.388 e. The highest BCUT2D eigenvalue weighted by Crippen LogP contribution is 2.44. The second kappa shape index (κ2) is 14.7. The normalized spacial score (nSPS) is 10.1. The van der Waals surface area contributed by atoms with Gasteiger partial charge in [0, 0.05) is 17.0 Å². The lowest BCUT2D eigenvalue weighted by Gasteiger charge is -2.24. The first kappa shape index (κ1) is 31.5. The summed E-state index contributed by atoms with van der Waals surface area (Å²) in [4.78, 5) is 0. The number of hydrogen-bond donors (Lipinski definition) is 0. The Balaban J connectivity index is 1.56. The van der Waals surface area contributed by atoms with Crippen molar-refractivity contribution in [1.29, 1.82) is 21.0 Å². The second-order valence-corrected chi connectivity index (χ2v) is 10.7. The molecule has 0 spiro atoms. The van der Waals surface area contributed by atoms with Gasteiger partial charge in [0.25, 0.3) is 25.0 Å². The van der Waals surface area contributed by atoms with E-state index in [1.807, 2.05) is 116 Å². The summed E-state index contributed by atoms with van der Waals surface area (Å²) < 4.78 is 21.0. The third-order valence-electron chi connectivity index (χ3n) is 8.01. The molecular weight excluding hydrogens is 612 g/mol. The Kier molecular flexibility index (Phi) is 9.45. The molecule has 6 rings (SSSR count). The van der Waals surface area contributed by atoms with E-state index in [0.717, 1.165) is 38.9 Å². The zero-order chi connectivity index (χ0) is 34.0. The van der Waals surface area contributed by atoms with Gasteiger partial charge < -0.3 is 18.9 Å². The smallest absolute Gasteiger partial charge is 0.292 e. The summed E-state index contributed by atoms with van der Waals surface area (Å²) in [6, 6.07) is 43.3. The van der Waals surface area contributed by atoms with Crippen molar-refractivity contribution in [2.45, 2.75) is 5.92 Å². The molecule has 0 saturated carbocycles. The Bertz CT molecular complexity index is 2140. The number of ether oxygens (including phenoxy) is 4. The Morgan fingerprint density at radius 1 is 0.367 bits per heavy atom. The highest BCUT2D eigenvalue weighted by atomic mass is 16.5. The van der Waals surface area contributed by atoms with Gasteiger partial charge in [-0.15, -0.1) is 21.0 Å². The van der Waals surface area contributed by atoms with Gasteiger partial charge in [-0.1, -0.05) is 91.0 Å². The van der Waals surface area contributed by atoms with Crippen LogP contribution in [0.25, 0.3) is 33.4 Å². The van der Waals surface area contributed by atoms with Crippen LogP contribution in [-0.2, 0) is 0 Å². The van der Waals surface area contributed by atoms with Gasteiger partial charge in [-0.05, 0) is 87.5 Å². The average molecular weight is 637 g/mol. The molecule has 0 atom stereocenters. The van der Waals surface area contributed by atoms with Crippen molar-refractivity contribution in [3.8, 4) is 81.4 Å². The maximum Gasteiger partial charge on any atom is 0.292 e. The minimum absolute atomic E-state index is 0.333. The zero-order valence-electron chi connectivity index (χ0n) is 25.8. The fourth-order valence-corrected chi connectivity index (χ4v) is 5.75. The topological polar surface area (TPSA) is 132 Å². The fourth-order valence-electron chi connectivity index (χ4n) is 5.75. The van der Waals surface area contributed by atoms with Crippen molar-refractivity contribution >= 4 is 0 Å². The SMILES string of the molecule is N#COc1ccc(-c2ccc(OC#N)c(C(c3ccc(-c4ccccc4)cc3)c3cc(-c4ccc(OC#N)cc4)ccc3OC#N)c2)cc1. The fraction of sp³-hybridized carbons (Fsp3) is 0.0244. The van der Waals surface area contributed by atoms with E-state index in [1.165, 1.54) is 0 Å². The van der Waals surface area contributed by atoms with Crippen molar-refractivity contribution in [1.82, 2.24) is 0 Å². The minimum Gasteiger partial charge on any atom is -0.388 e. The van der Waals surface area contributed by atoms with Gasteiger partial charge in [0.05, 0.1) is 0 Å². The third-order valence-corrected chi connectivity index (χ3v) is 8.01. The van der Waals surface area contributed by atoms with Crippen LogP contribution < -0.4 is 18.9 Å². The minimum atomic E-state index is -0.571. The summed E-state index contributed by atoms with van der Waals surface area (Å²) >= 11 is 0. The molecule has 0 saturated heterocycles. The van der Waals surface area contributed by atoms with E-state index in [0.29, 0.717) is 34.1 Å². The monoisotopic (exact) mass is 636 g/mol. The Morgan fingerprint density at radius 3 is 1.16 bits per heavy atom. The first-order valence-corrected chi connectivity index (χ1v) is 15.0. The van der Waals surface area contributed by atoms with Crippen molar-refractivity contribution in [3.63, 3.8) is 0 Å². The van der Waals surface area contributed by atoms with Crippen molar-refractivity contribution in [2.75, 3.05) is 0 Å². The molecule has 0 N–H and O–H groups in total. The molecule has 0 fully saturated rings. The first-order valence-electron chi connectivity index (χ1n) is 15.0. The molecule has 8 heteroatoms. The van der Waals surface area contributed by atoms with E-state index < -0.39 is 5.92 Å². The summed E-state index contributed by atoms with van der Waals surface area (Å²) in [5.41, 5.74) is 7.57. The predicted octanol–water partition coefficient (Wildman–Crippen LogP) is 9.31. The molecule has 8 nitrogen and oxygen atoms in total. The standard InChI is InChI=1S/C41H24N4O4/c42-24-46-35-16-10-30(11-17-35)33-14-20-39(48-26-44)37(22-33)41(32-8-6-29(7-9-32)28-4-2-1-3-5-28)38-23-34(15-21-40(38)49-27-45)31-12-18-36(19-13-31)47-25-43/h1-23,41H. The van der Waals surface area contributed by atoms with Gasteiger partial charge in [-0.2, -0.15) is 0 Å². The number of nitrogens with zero attached hydrogens (tertiary/aromatic N) is 4. The van der Waals surface area contributed by atoms with E-state index in [-0.39, 0.29) is 0 Å². The molecule has 6 aromatic rings. The van der Waals surface area contributed by atoms with E-state index >= 15 is 0 Å². The second-order valence-electron chi connectivity index (χ2n) is 10.7. The third kappa shape index (κ3) is 7.01. The van der Waals surface area contributed by atoms with Crippen molar-refractivity contribution < 1.29 is 18.9 Å². The lowest BCUT2D eigenvalue weighted by Crippen LogP contribution is -2.08. The number of nitriles is 4. The Morgan fingerprint density at radius 2 is 0.735 bits per heavy atom. The number of rotatable bonds is 10. The van der Waals surface area contributed by atoms with Gasteiger partial charge in [0.1, 0.15) is 23.0 Å². The van der Waals surface area contributed by atoms with Crippen LogP contribution in [0.15, 0.2) is 140 Å². The lowest BCUT2D eigenvalue weighted by atomic mass is 9.81. The molecule has 49 heavy (non-hydrogen) atoms. The van der Waals surface area contributed by atoms with Crippen LogP contribution in [0.5, 0.6) is 23.0 Å². The molecule has 0 bridgehead atoms. The quantitative estimate of drug-likeness (QED) is 0.107. The molecule has 0 aromatic heterocycles. The van der Waals surface area contributed by atoms with Crippen molar-refractivity contribution in [3.05, 3.63) is 156 Å². The first-order chi connectivity index (χ1) is 24.1. The lowest BCUT2D eigenvalue weighted by molar-refractivity contribution is 0.490. The van der Waals surface area contributed by atoms with Gasteiger partial charge >= 0.3 is 0 Å². The summed E-state index contributed by atoms with van der Waals surface area (Å²) in [6.45, 7) is 0. The van der Waals surface area contributed by atoms with E-state index in [4.69, 9.17) is 29.5 Å². The highest BCUT2D eigenvalue weighted by Gasteiger charge is 2.26. The number of hydrogen-bond acceptors (Lipinski definition) is 8. The molecule has 0 amide bonds. The van der Waals surface area contributed by atoms with Gasteiger partial charge in [-0.25, -0.2) is 0 Å². The molecule has 0 unspecified atom stereocenters. The van der Waals surface area contributed by atoms with Gasteiger partial charge in [-0.3, -0.25) is 0 Å². The average Bonchev–Trinajstić information content (AvgIpc) is 3.15. The maximum absolute atomic E-state index is 9.68. The van der Waals surface area contributed by atoms with Crippen LogP contribution >= 0.6 is 0 Å². The summed E-state index contributed by atoms with van der Waals surface area (Å²) in [7, 11) is 0. The van der Waals surface area contributed by atoms with E-state index in [1.54, 1.807) is 48.9 Å². The predicted molar refractivity (Wildman–Crippen MR) is 182 cm³/mol. The summed E-state index contributed by atoms with van der Waals surface area (Å²) in [5.74, 6) is 0.918. The molecule has 232 valence electrons. The summed E-state index contributed by atoms with van der Waals surface area (Å²) in [5, 5.41) is 37.2. The van der Waals surface area contributed by atoms with Gasteiger partial charge in [0.15, 0.2) is 0 Å². The molecular formula is C41H24N4O4. The van der Waals surface area contributed by atoms with Gasteiger partial charge in [0.2, 0.25) is 0 Å². The highest BCUT2D eigenvalue weighted by molar-refractivity contribution is 5.72. The van der Waals surface area contributed by atoms with E-state index in [9.17, 15) is 10.5 Å². The molecule has 6 aromatic carbocycles. The molecule has 0 heterocycles. The van der Waals surface area contributed by atoms with Crippen LogP contribution in [0, 0.1) is 46.1 Å². The van der Waals surface area contributed by atoms with Crippen LogP contribution in [0.4, 0.5) is 0 Å². The molecule has 0 aliphatic rings. The zero-order valence-corrected chi connectivity index (χ0v) is 25.8. The van der Waals surface area contributed by atoms with Crippen LogP contribution in [0.3, 0.4) is 0 Å².